The van der Waals surface area contributed by atoms with Crippen molar-refractivity contribution >= 4 is 43.1 Å². The lowest BCUT2D eigenvalue weighted by Gasteiger charge is -2.17. The van der Waals surface area contributed by atoms with Gasteiger partial charge in [0.25, 0.3) is 0 Å². The molecule has 1 aliphatic heterocycles. The highest BCUT2D eigenvalue weighted by Gasteiger charge is 2.37. The van der Waals surface area contributed by atoms with Crippen molar-refractivity contribution in [2.45, 2.75) is 12.0 Å². The zero-order chi connectivity index (χ0) is 34.9. The minimum atomic E-state index is -0.108. The molecule has 53 heavy (non-hydrogen) atoms. The second-order valence-corrected chi connectivity index (χ2v) is 13.9. The molecular weight excluding hydrogens is 647 g/mol. The van der Waals surface area contributed by atoms with E-state index in [1.54, 1.807) is 0 Å². The number of hydrogen-bond donors (Lipinski definition) is 0. The fourth-order valence-corrected chi connectivity index (χ4v) is 8.31. The molecule has 4 nitrogen and oxygen atoms in total. The molecule has 0 N–H and O–H groups in total. The number of benzene rings is 8. The molecule has 248 valence electrons. The Kier molecular flexibility index (Phi) is 6.65. The third-order valence-electron chi connectivity index (χ3n) is 10.8. The van der Waals surface area contributed by atoms with Crippen molar-refractivity contribution in [2.24, 2.45) is 0 Å². The van der Waals surface area contributed by atoms with Gasteiger partial charge >= 0.3 is 0 Å². The molecule has 2 heterocycles. The van der Waals surface area contributed by atoms with Crippen molar-refractivity contribution < 1.29 is 4.74 Å². The zero-order valence-electron chi connectivity index (χ0n) is 28.6. The second kappa shape index (κ2) is 11.8. The fourth-order valence-electron chi connectivity index (χ4n) is 8.31. The Morgan fingerprint density at radius 3 is 1.91 bits per heavy atom. The predicted molar refractivity (Wildman–Crippen MR) is 217 cm³/mol. The zero-order valence-corrected chi connectivity index (χ0v) is 28.6. The number of nitrogens with zero attached hydrogens (tertiary/aromatic N) is 3. The summed E-state index contributed by atoms with van der Waals surface area (Å²) in [5, 5.41) is 9.48. The van der Waals surface area contributed by atoms with Gasteiger partial charge in [0.15, 0.2) is 17.5 Å². The molecule has 11 rings (SSSR count). The SMILES string of the molecule is C1=CC2Oc3c(-c4ccc5ccccc5c4)ccc(-c4nc(-c5ccccc5)nc(-c5cc6c7ccccc7ccc6c6ccccc56)n4)c3C2C=C1. The van der Waals surface area contributed by atoms with E-state index in [1.807, 2.05) is 18.2 Å². The molecule has 0 radical (unpaired) electrons. The Labute approximate surface area is 306 Å². The van der Waals surface area contributed by atoms with Crippen molar-refractivity contribution in [3.63, 3.8) is 0 Å². The van der Waals surface area contributed by atoms with Crippen LogP contribution in [-0.2, 0) is 0 Å². The second-order valence-electron chi connectivity index (χ2n) is 13.9. The normalized spacial score (nSPS) is 15.9. The number of hydrogen-bond acceptors (Lipinski definition) is 4. The summed E-state index contributed by atoms with van der Waals surface area (Å²) in [5.74, 6) is 2.81. The van der Waals surface area contributed by atoms with Crippen LogP contribution in [0.1, 0.15) is 11.5 Å². The quantitative estimate of drug-likeness (QED) is 0.174. The molecule has 0 fully saturated rings. The van der Waals surface area contributed by atoms with Gasteiger partial charge in [-0.2, -0.15) is 0 Å². The molecule has 0 saturated carbocycles. The summed E-state index contributed by atoms with van der Waals surface area (Å²) in [4.78, 5) is 15.8. The van der Waals surface area contributed by atoms with Crippen LogP contribution in [0.2, 0.25) is 0 Å². The van der Waals surface area contributed by atoms with Crippen molar-refractivity contribution in [1.82, 2.24) is 15.0 Å². The van der Waals surface area contributed by atoms with Crippen molar-refractivity contribution in [2.75, 3.05) is 0 Å². The lowest BCUT2D eigenvalue weighted by molar-refractivity contribution is 0.270. The van der Waals surface area contributed by atoms with Gasteiger partial charge in [0.1, 0.15) is 11.9 Å². The van der Waals surface area contributed by atoms with Gasteiger partial charge in [-0.25, -0.2) is 15.0 Å². The van der Waals surface area contributed by atoms with Gasteiger partial charge in [-0.3, -0.25) is 0 Å². The number of rotatable bonds is 4. The Balaban J connectivity index is 1.18. The van der Waals surface area contributed by atoms with Gasteiger partial charge in [0, 0.05) is 33.7 Å². The minimum absolute atomic E-state index is 0.0265. The van der Waals surface area contributed by atoms with Gasteiger partial charge < -0.3 is 4.74 Å². The van der Waals surface area contributed by atoms with Crippen LogP contribution < -0.4 is 4.74 Å². The summed E-state index contributed by atoms with van der Waals surface area (Å²) in [6, 6.07) is 53.6. The Morgan fingerprint density at radius 2 is 1.04 bits per heavy atom. The molecule has 1 aliphatic carbocycles. The molecule has 0 amide bonds. The first-order valence-electron chi connectivity index (χ1n) is 18.1. The molecule has 2 atom stereocenters. The molecular formula is C49H31N3O. The van der Waals surface area contributed by atoms with Crippen molar-refractivity contribution in [1.29, 1.82) is 0 Å². The van der Waals surface area contributed by atoms with Crippen LogP contribution in [0.5, 0.6) is 5.75 Å². The molecule has 9 aromatic rings. The van der Waals surface area contributed by atoms with Crippen LogP contribution in [0.4, 0.5) is 0 Å². The summed E-state index contributed by atoms with van der Waals surface area (Å²) in [7, 11) is 0. The van der Waals surface area contributed by atoms with E-state index in [0.29, 0.717) is 17.5 Å². The summed E-state index contributed by atoms with van der Waals surface area (Å²) < 4.78 is 6.84. The lowest BCUT2D eigenvalue weighted by Crippen LogP contribution is -2.16. The Bertz CT molecular complexity index is 3000. The van der Waals surface area contributed by atoms with Crippen LogP contribution in [0.15, 0.2) is 176 Å². The summed E-state index contributed by atoms with van der Waals surface area (Å²) in [5.41, 5.74) is 6.15. The van der Waals surface area contributed by atoms with Gasteiger partial charge in [0.2, 0.25) is 0 Å². The molecule has 8 aromatic carbocycles. The Morgan fingerprint density at radius 1 is 0.396 bits per heavy atom. The lowest BCUT2D eigenvalue weighted by atomic mass is 9.86. The molecule has 0 saturated heterocycles. The van der Waals surface area contributed by atoms with E-state index in [0.717, 1.165) is 44.5 Å². The molecule has 2 unspecified atom stereocenters. The smallest absolute Gasteiger partial charge is 0.164 e. The van der Waals surface area contributed by atoms with Crippen molar-refractivity contribution in [3.8, 4) is 51.0 Å². The highest BCUT2D eigenvalue weighted by molar-refractivity contribution is 6.20. The monoisotopic (exact) mass is 677 g/mol. The standard InChI is InChI=1S/C49H31N3O/c1-2-14-32(15-3-1)47-50-48(52-49(51-47)43-29-42-35-17-7-6-13-31(35)24-25-39(42)37-18-8-9-19-38(37)43)41-27-26-36(34-23-22-30-12-4-5-16-33(30)28-34)46-45(41)40-20-10-11-21-44(40)53-46/h1-29,40,44H. The number of fused-ring (bicyclic) bond motifs is 9. The van der Waals surface area contributed by atoms with E-state index >= 15 is 0 Å². The third kappa shape index (κ3) is 4.80. The van der Waals surface area contributed by atoms with E-state index in [2.05, 4.69) is 158 Å². The van der Waals surface area contributed by atoms with Gasteiger partial charge in [-0.15, -0.1) is 0 Å². The van der Waals surface area contributed by atoms with E-state index in [4.69, 9.17) is 19.7 Å². The van der Waals surface area contributed by atoms with E-state index < -0.39 is 0 Å². The number of allylic oxidation sites excluding steroid dienone is 2. The van der Waals surface area contributed by atoms with Gasteiger partial charge in [-0.1, -0.05) is 146 Å². The van der Waals surface area contributed by atoms with Crippen LogP contribution in [0, 0.1) is 0 Å². The van der Waals surface area contributed by atoms with Gasteiger partial charge in [0.05, 0.1) is 0 Å². The summed E-state index contributed by atoms with van der Waals surface area (Å²) in [6.45, 7) is 0. The van der Waals surface area contributed by atoms with Crippen LogP contribution in [0.3, 0.4) is 0 Å². The molecule has 4 heteroatoms. The van der Waals surface area contributed by atoms with Crippen LogP contribution in [-0.4, -0.2) is 21.1 Å². The maximum atomic E-state index is 6.84. The highest BCUT2D eigenvalue weighted by Crippen LogP contribution is 2.51. The first kappa shape index (κ1) is 29.8. The highest BCUT2D eigenvalue weighted by atomic mass is 16.5. The third-order valence-corrected chi connectivity index (χ3v) is 10.8. The maximum Gasteiger partial charge on any atom is 0.164 e. The molecule has 0 spiro atoms. The van der Waals surface area contributed by atoms with E-state index in [1.165, 1.54) is 37.7 Å². The van der Waals surface area contributed by atoms with Crippen LogP contribution >= 0.6 is 0 Å². The van der Waals surface area contributed by atoms with Crippen molar-refractivity contribution in [3.05, 3.63) is 182 Å². The predicted octanol–water partition coefficient (Wildman–Crippen LogP) is 12.1. The Hall–Kier alpha value is -6.91. The molecule has 2 aliphatic rings. The fraction of sp³-hybridized carbons (Fsp3) is 0.0408. The average molecular weight is 678 g/mol. The van der Waals surface area contributed by atoms with E-state index in [-0.39, 0.29) is 12.0 Å². The maximum absolute atomic E-state index is 6.84. The first-order chi connectivity index (χ1) is 26.3. The van der Waals surface area contributed by atoms with Crippen LogP contribution in [0.25, 0.3) is 88.4 Å². The molecule has 1 aromatic heterocycles. The largest absolute Gasteiger partial charge is 0.484 e. The minimum Gasteiger partial charge on any atom is -0.484 e. The van der Waals surface area contributed by atoms with Gasteiger partial charge in [-0.05, 0) is 79.0 Å². The summed E-state index contributed by atoms with van der Waals surface area (Å²) >= 11 is 0. The number of ether oxygens (including phenoxy) is 1. The number of aromatic nitrogens is 3. The molecule has 0 bridgehead atoms. The average Bonchev–Trinajstić information content (AvgIpc) is 3.63. The van der Waals surface area contributed by atoms with E-state index in [9.17, 15) is 0 Å². The first-order valence-corrected chi connectivity index (χ1v) is 18.1. The summed E-state index contributed by atoms with van der Waals surface area (Å²) in [6.07, 6.45) is 8.48. The topological polar surface area (TPSA) is 47.9 Å².